The van der Waals surface area contributed by atoms with Crippen molar-refractivity contribution in [3.05, 3.63) is 53.3 Å². The van der Waals surface area contributed by atoms with Crippen LogP contribution in [0.2, 0.25) is 0 Å². The molecule has 1 aromatic carbocycles. The first-order chi connectivity index (χ1) is 9.84. The minimum Gasteiger partial charge on any atom is -0.305 e. The van der Waals surface area contributed by atoms with Gasteiger partial charge in [-0.25, -0.2) is 0 Å². The predicted octanol–water partition coefficient (Wildman–Crippen LogP) is 4.16. The third kappa shape index (κ3) is 3.86. The Morgan fingerprint density at radius 2 is 1.95 bits per heavy atom. The van der Waals surface area contributed by atoms with Gasteiger partial charge in [0.25, 0.3) is 0 Å². The summed E-state index contributed by atoms with van der Waals surface area (Å²) in [4.78, 5) is 0. The van der Waals surface area contributed by atoms with Crippen molar-refractivity contribution in [2.24, 2.45) is 5.92 Å². The van der Waals surface area contributed by atoms with Crippen molar-refractivity contribution in [2.75, 3.05) is 0 Å². The number of nitrogens with zero attached hydrogens (tertiary/aromatic N) is 1. The molecule has 0 spiro atoms. The molecule has 1 unspecified atom stereocenters. The molecule has 0 radical (unpaired) electrons. The fraction of sp³-hybridized carbons (Fsp3) is 0.471. The standard InChI is InChI=1S/C17H23N3.ClH/c1-13-16(12-19-20-13)11-18-17(15-9-5-6-10-15)14-7-3-2-4-8-14;/h2-4,7-8,12,15,17-18H,5-6,9-11H2,1H3,(H,19,20);1H. The van der Waals surface area contributed by atoms with E-state index in [1.54, 1.807) is 0 Å². The van der Waals surface area contributed by atoms with Crippen LogP contribution >= 0.6 is 12.4 Å². The molecule has 1 atom stereocenters. The van der Waals surface area contributed by atoms with E-state index in [4.69, 9.17) is 0 Å². The van der Waals surface area contributed by atoms with Crippen molar-refractivity contribution in [1.29, 1.82) is 0 Å². The zero-order valence-corrected chi connectivity index (χ0v) is 13.3. The molecular formula is C17H24ClN3. The molecule has 3 nitrogen and oxygen atoms in total. The van der Waals surface area contributed by atoms with Crippen LogP contribution in [0, 0.1) is 12.8 Å². The first-order valence-electron chi connectivity index (χ1n) is 7.62. The van der Waals surface area contributed by atoms with Crippen molar-refractivity contribution in [3.8, 4) is 0 Å². The summed E-state index contributed by atoms with van der Waals surface area (Å²) in [7, 11) is 0. The molecule has 1 aliphatic carbocycles. The minimum absolute atomic E-state index is 0. The van der Waals surface area contributed by atoms with Gasteiger partial charge >= 0.3 is 0 Å². The van der Waals surface area contributed by atoms with Crippen LogP contribution in [0.5, 0.6) is 0 Å². The van der Waals surface area contributed by atoms with Crippen LogP contribution in [-0.2, 0) is 6.54 Å². The number of rotatable bonds is 5. The summed E-state index contributed by atoms with van der Waals surface area (Å²) in [6, 6.07) is 11.3. The average Bonchev–Trinajstić information content (AvgIpc) is 3.13. The van der Waals surface area contributed by atoms with Gasteiger partial charge < -0.3 is 5.32 Å². The zero-order valence-electron chi connectivity index (χ0n) is 12.5. The molecule has 0 saturated heterocycles. The first-order valence-corrected chi connectivity index (χ1v) is 7.62. The maximum absolute atomic E-state index is 4.10. The Bertz CT molecular complexity index is 532. The summed E-state index contributed by atoms with van der Waals surface area (Å²) in [6.07, 6.45) is 7.37. The van der Waals surface area contributed by atoms with E-state index < -0.39 is 0 Å². The normalized spacial score (nSPS) is 16.6. The molecule has 114 valence electrons. The summed E-state index contributed by atoms with van der Waals surface area (Å²) < 4.78 is 0. The highest BCUT2D eigenvalue weighted by Crippen LogP contribution is 2.35. The van der Waals surface area contributed by atoms with E-state index in [1.807, 2.05) is 6.20 Å². The van der Waals surface area contributed by atoms with E-state index in [-0.39, 0.29) is 12.4 Å². The number of hydrogen-bond acceptors (Lipinski definition) is 2. The second kappa shape index (κ2) is 7.62. The third-order valence-electron chi connectivity index (χ3n) is 4.48. The molecule has 21 heavy (non-hydrogen) atoms. The number of benzene rings is 1. The largest absolute Gasteiger partial charge is 0.305 e. The van der Waals surface area contributed by atoms with Crippen LogP contribution in [0.15, 0.2) is 36.5 Å². The van der Waals surface area contributed by atoms with Crippen molar-refractivity contribution in [1.82, 2.24) is 15.5 Å². The molecule has 1 fully saturated rings. The number of H-pyrrole nitrogens is 1. The highest BCUT2D eigenvalue weighted by atomic mass is 35.5. The van der Waals surface area contributed by atoms with Crippen LogP contribution in [-0.4, -0.2) is 10.2 Å². The first kappa shape index (κ1) is 16.1. The van der Waals surface area contributed by atoms with Crippen molar-refractivity contribution >= 4 is 12.4 Å². The number of aromatic amines is 1. The summed E-state index contributed by atoms with van der Waals surface area (Å²) in [6.45, 7) is 2.97. The minimum atomic E-state index is 0. The fourth-order valence-electron chi connectivity index (χ4n) is 3.28. The quantitative estimate of drug-likeness (QED) is 0.871. The topological polar surface area (TPSA) is 40.7 Å². The monoisotopic (exact) mass is 305 g/mol. The van der Waals surface area contributed by atoms with E-state index in [9.17, 15) is 0 Å². The maximum Gasteiger partial charge on any atom is 0.0535 e. The summed E-state index contributed by atoms with van der Waals surface area (Å²) >= 11 is 0. The molecule has 0 bridgehead atoms. The van der Waals surface area contributed by atoms with Gasteiger partial charge in [0, 0.05) is 23.8 Å². The van der Waals surface area contributed by atoms with E-state index in [2.05, 4.69) is 52.8 Å². The number of halogens is 1. The third-order valence-corrected chi connectivity index (χ3v) is 4.48. The lowest BCUT2D eigenvalue weighted by molar-refractivity contribution is 0.365. The SMILES string of the molecule is Cc1[nH]ncc1CNC(c1ccccc1)C1CCCC1.Cl. The van der Waals surface area contributed by atoms with Crippen molar-refractivity contribution in [2.45, 2.75) is 45.2 Å². The molecule has 0 aliphatic heterocycles. The molecule has 2 N–H and O–H groups in total. The van der Waals surface area contributed by atoms with Gasteiger partial charge in [-0.05, 0) is 31.2 Å². The summed E-state index contributed by atoms with van der Waals surface area (Å²) in [5.41, 5.74) is 3.85. The highest BCUT2D eigenvalue weighted by molar-refractivity contribution is 5.85. The van der Waals surface area contributed by atoms with Gasteiger partial charge in [-0.1, -0.05) is 43.2 Å². The molecule has 3 rings (SSSR count). The smallest absolute Gasteiger partial charge is 0.0535 e. The summed E-state index contributed by atoms with van der Waals surface area (Å²) in [5, 5.41) is 10.9. The van der Waals surface area contributed by atoms with Crippen LogP contribution < -0.4 is 5.32 Å². The molecule has 1 aromatic heterocycles. The van der Waals surface area contributed by atoms with Gasteiger partial charge in [-0.3, -0.25) is 5.10 Å². The van der Waals surface area contributed by atoms with Gasteiger partial charge in [0.05, 0.1) is 6.20 Å². The second-order valence-corrected chi connectivity index (χ2v) is 5.83. The molecule has 1 saturated carbocycles. The van der Waals surface area contributed by atoms with Gasteiger partial charge in [0.15, 0.2) is 0 Å². The Morgan fingerprint density at radius 1 is 1.24 bits per heavy atom. The number of hydrogen-bond donors (Lipinski definition) is 2. The van der Waals surface area contributed by atoms with Crippen molar-refractivity contribution in [3.63, 3.8) is 0 Å². The number of aromatic nitrogens is 2. The van der Waals surface area contributed by atoms with Crippen LogP contribution in [0.3, 0.4) is 0 Å². The lowest BCUT2D eigenvalue weighted by Gasteiger charge is -2.25. The molecule has 4 heteroatoms. The zero-order chi connectivity index (χ0) is 13.8. The van der Waals surface area contributed by atoms with Gasteiger partial charge in [0.1, 0.15) is 0 Å². The highest BCUT2D eigenvalue weighted by Gasteiger charge is 2.25. The van der Waals surface area contributed by atoms with Crippen LogP contribution in [0.25, 0.3) is 0 Å². The van der Waals surface area contributed by atoms with Crippen LogP contribution in [0.1, 0.15) is 48.5 Å². The maximum atomic E-state index is 4.10. The van der Waals surface area contributed by atoms with E-state index in [0.717, 1.165) is 18.2 Å². The lowest BCUT2D eigenvalue weighted by Crippen LogP contribution is -2.27. The number of nitrogens with one attached hydrogen (secondary N) is 2. The van der Waals surface area contributed by atoms with Gasteiger partial charge in [0.2, 0.25) is 0 Å². The van der Waals surface area contributed by atoms with E-state index in [0.29, 0.717) is 6.04 Å². The van der Waals surface area contributed by atoms with Crippen LogP contribution in [0.4, 0.5) is 0 Å². The van der Waals surface area contributed by atoms with Gasteiger partial charge in [-0.15, -0.1) is 12.4 Å². The Hall–Kier alpha value is -1.32. The average molecular weight is 306 g/mol. The summed E-state index contributed by atoms with van der Waals surface area (Å²) in [5.74, 6) is 0.768. The van der Waals surface area contributed by atoms with Crippen molar-refractivity contribution < 1.29 is 0 Å². The second-order valence-electron chi connectivity index (χ2n) is 5.83. The Labute approximate surface area is 133 Å². The molecule has 1 heterocycles. The number of aryl methyl sites for hydroxylation is 1. The Morgan fingerprint density at radius 3 is 2.57 bits per heavy atom. The Kier molecular flexibility index (Phi) is 5.83. The fourth-order valence-corrected chi connectivity index (χ4v) is 3.28. The van der Waals surface area contributed by atoms with Gasteiger partial charge in [-0.2, -0.15) is 5.10 Å². The van der Waals surface area contributed by atoms with E-state index >= 15 is 0 Å². The molecular weight excluding hydrogens is 282 g/mol. The lowest BCUT2D eigenvalue weighted by atomic mass is 9.91. The molecule has 1 aliphatic rings. The molecule has 2 aromatic rings. The predicted molar refractivity (Wildman–Crippen MR) is 88.6 cm³/mol. The Balaban J connectivity index is 0.00000161. The molecule has 0 amide bonds. The van der Waals surface area contributed by atoms with E-state index in [1.165, 1.54) is 36.8 Å².